The molecule has 0 spiro atoms. The van der Waals surface area contributed by atoms with Crippen molar-refractivity contribution in [2.75, 3.05) is 33.3 Å². The fourth-order valence-electron chi connectivity index (χ4n) is 2.87. The Labute approximate surface area is 154 Å². The van der Waals surface area contributed by atoms with E-state index in [9.17, 15) is 0 Å². The van der Waals surface area contributed by atoms with Crippen LogP contribution in [0.15, 0.2) is 27.2 Å². The second-order valence-corrected chi connectivity index (χ2v) is 6.71. The SMILES string of the molecule is CN1CCNCC1c1noc(C2=Cc3cc(Br)ccc3OC2)n1.Cl. The van der Waals surface area contributed by atoms with Gasteiger partial charge >= 0.3 is 0 Å². The van der Waals surface area contributed by atoms with E-state index in [1.165, 1.54) is 0 Å². The average Bonchev–Trinajstić information content (AvgIpc) is 3.04. The molecule has 24 heavy (non-hydrogen) atoms. The lowest BCUT2D eigenvalue weighted by molar-refractivity contribution is 0.190. The van der Waals surface area contributed by atoms with Crippen molar-refractivity contribution in [1.82, 2.24) is 20.4 Å². The Balaban J connectivity index is 0.00000169. The number of hydrogen-bond donors (Lipinski definition) is 1. The summed E-state index contributed by atoms with van der Waals surface area (Å²) >= 11 is 3.48. The average molecular weight is 414 g/mol. The number of benzene rings is 1. The lowest BCUT2D eigenvalue weighted by Gasteiger charge is -2.30. The molecule has 1 fully saturated rings. The molecule has 8 heteroatoms. The highest BCUT2D eigenvalue weighted by atomic mass is 79.9. The van der Waals surface area contributed by atoms with E-state index in [4.69, 9.17) is 9.26 Å². The predicted octanol–water partition coefficient (Wildman–Crippen LogP) is 2.76. The number of likely N-dealkylation sites (N-methyl/N-ethyl adjacent to an activating group) is 1. The fraction of sp³-hybridized carbons (Fsp3) is 0.375. The van der Waals surface area contributed by atoms with Crippen LogP contribution in [0, 0.1) is 0 Å². The number of fused-ring (bicyclic) bond motifs is 1. The second kappa shape index (κ2) is 7.23. The van der Waals surface area contributed by atoms with Gasteiger partial charge in [-0.2, -0.15) is 4.98 Å². The van der Waals surface area contributed by atoms with Gasteiger partial charge in [0.25, 0.3) is 5.89 Å². The summed E-state index contributed by atoms with van der Waals surface area (Å²) < 4.78 is 12.3. The molecule has 1 saturated heterocycles. The maximum Gasteiger partial charge on any atom is 0.257 e. The highest BCUT2D eigenvalue weighted by Gasteiger charge is 2.26. The van der Waals surface area contributed by atoms with Gasteiger partial charge in [-0.05, 0) is 31.3 Å². The van der Waals surface area contributed by atoms with Gasteiger partial charge in [-0.15, -0.1) is 12.4 Å². The quantitative estimate of drug-likeness (QED) is 0.817. The lowest BCUT2D eigenvalue weighted by atomic mass is 10.1. The molecule has 0 bridgehead atoms. The van der Waals surface area contributed by atoms with Crippen LogP contribution in [0.2, 0.25) is 0 Å². The third-order valence-corrected chi connectivity index (χ3v) is 4.70. The van der Waals surface area contributed by atoms with Crippen LogP contribution in [0.1, 0.15) is 23.3 Å². The van der Waals surface area contributed by atoms with Crippen LogP contribution in [0.5, 0.6) is 5.75 Å². The maximum absolute atomic E-state index is 5.78. The summed E-state index contributed by atoms with van der Waals surface area (Å²) in [4.78, 5) is 6.82. The van der Waals surface area contributed by atoms with Crippen LogP contribution in [-0.2, 0) is 0 Å². The molecular weight excluding hydrogens is 396 g/mol. The maximum atomic E-state index is 5.78. The zero-order valence-corrected chi connectivity index (χ0v) is 15.6. The van der Waals surface area contributed by atoms with E-state index in [2.05, 4.69) is 43.3 Å². The van der Waals surface area contributed by atoms with E-state index in [-0.39, 0.29) is 18.4 Å². The smallest absolute Gasteiger partial charge is 0.257 e. The molecule has 0 radical (unpaired) electrons. The summed E-state index contributed by atoms with van der Waals surface area (Å²) in [5.74, 6) is 2.12. The van der Waals surface area contributed by atoms with Crippen molar-refractivity contribution in [3.63, 3.8) is 0 Å². The van der Waals surface area contributed by atoms with Gasteiger partial charge in [-0.25, -0.2) is 0 Å². The number of halogens is 2. The van der Waals surface area contributed by atoms with Crippen LogP contribution in [-0.4, -0.2) is 48.3 Å². The summed E-state index contributed by atoms with van der Waals surface area (Å²) in [5.41, 5.74) is 1.91. The molecule has 2 aliphatic heterocycles. The van der Waals surface area contributed by atoms with Gasteiger partial charge in [0.1, 0.15) is 12.4 Å². The minimum Gasteiger partial charge on any atom is -0.488 e. The zero-order valence-electron chi connectivity index (χ0n) is 13.2. The van der Waals surface area contributed by atoms with E-state index >= 15 is 0 Å². The van der Waals surface area contributed by atoms with Crippen molar-refractivity contribution in [2.24, 2.45) is 0 Å². The summed E-state index contributed by atoms with van der Waals surface area (Å²) in [7, 11) is 2.08. The third kappa shape index (κ3) is 3.35. The monoisotopic (exact) mass is 412 g/mol. The lowest BCUT2D eigenvalue weighted by Crippen LogP contribution is -2.44. The molecular formula is C16H18BrClN4O2. The van der Waals surface area contributed by atoms with Crippen LogP contribution in [0.25, 0.3) is 11.6 Å². The number of hydrogen-bond acceptors (Lipinski definition) is 6. The van der Waals surface area contributed by atoms with E-state index in [0.717, 1.165) is 46.8 Å². The van der Waals surface area contributed by atoms with E-state index in [0.29, 0.717) is 12.5 Å². The van der Waals surface area contributed by atoms with Crippen molar-refractivity contribution in [1.29, 1.82) is 0 Å². The normalized spacial score (nSPS) is 20.6. The fourth-order valence-corrected chi connectivity index (χ4v) is 3.25. The number of ether oxygens (including phenoxy) is 1. The summed E-state index contributed by atoms with van der Waals surface area (Å²) in [6.45, 7) is 3.24. The minimum atomic E-state index is 0. The summed E-state index contributed by atoms with van der Waals surface area (Å²) in [6.07, 6.45) is 2.05. The highest BCUT2D eigenvalue weighted by Crippen LogP contribution is 2.32. The van der Waals surface area contributed by atoms with Crippen LogP contribution in [0.3, 0.4) is 0 Å². The van der Waals surface area contributed by atoms with Crippen LogP contribution < -0.4 is 10.1 Å². The highest BCUT2D eigenvalue weighted by molar-refractivity contribution is 9.10. The molecule has 4 rings (SSSR count). The van der Waals surface area contributed by atoms with Gasteiger partial charge in [-0.1, -0.05) is 21.1 Å². The Kier molecular flexibility index (Phi) is 5.24. The molecule has 1 aromatic heterocycles. The predicted molar refractivity (Wildman–Crippen MR) is 97.3 cm³/mol. The first-order valence-electron chi connectivity index (χ1n) is 7.58. The third-order valence-electron chi connectivity index (χ3n) is 4.21. The molecule has 0 saturated carbocycles. The van der Waals surface area contributed by atoms with E-state index in [1.807, 2.05) is 24.3 Å². The van der Waals surface area contributed by atoms with Gasteiger partial charge in [0.05, 0.1) is 11.6 Å². The Morgan fingerprint density at radius 2 is 2.25 bits per heavy atom. The van der Waals surface area contributed by atoms with Crippen molar-refractivity contribution in [3.8, 4) is 5.75 Å². The zero-order chi connectivity index (χ0) is 15.8. The molecule has 1 unspecified atom stereocenters. The van der Waals surface area contributed by atoms with E-state index < -0.39 is 0 Å². The molecule has 6 nitrogen and oxygen atoms in total. The van der Waals surface area contributed by atoms with Crippen LogP contribution in [0.4, 0.5) is 0 Å². The molecule has 1 N–H and O–H groups in total. The summed E-state index contributed by atoms with van der Waals surface area (Å²) in [6, 6.07) is 6.08. The Morgan fingerprint density at radius 1 is 1.38 bits per heavy atom. The molecule has 1 atom stereocenters. The molecule has 0 amide bonds. The Bertz CT molecular complexity index is 764. The van der Waals surface area contributed by atoms with Crippen molar-refractivity contribution in [2.45, 2.75) is 6.04 Å². The second-order valence-electron chi connectivity index (χ2n) is 5.80. The molecule has 0 aliphatic carbocycles. The standard InChI is InChI=1S/C16H17BrN4O2.ClH/c1-21-5-4-18-8-13(21)15-19-16(23-20-15)11-6-10-7-12(17)2-3-14(10)22-9-11;/h2-3,6-7,13,18H,4-5,8-9H2,1H3;1H. The van der Waals surface area contributed by atoms with Gasteiger partial charge in [0, 0.05) is 29.7 Å². The minimum absolute atomic E-state index is 0. The first-order valence-corrected chi connectivity index (χ1v) is 8.38. The molecule has 2 aliphatic rings. The number of rotatable bonds is 2. The van der Waals surface area contributed by atoms with Gasteiger partial charge in [-0.3, -0.25) is 4.90 Å². The van der Waals surface area contributed by atoms with Crippen molar-refractivity contribution < 1.29 is 9.26 Å². The summed E-state index contributed by atoms with van der Waals surface area (Å²) in [5, 5.41) is 7.53. The van der Waals surface area contributed by atoms with Crippen LogP contribution >= 0.6 is 28.3 Å². The van der Waals surface area contributed by atoms with Gasteiger partial charge in [0.2, 0.25) is 0 Å². The Hall–Kier alpha value is -1.41. The molecule has 128 valence electrons. The van der Waals surface area contributed by atoms with Crippen molar-refractivity contribution >= 4 is 40.0 Å². The molecule has 2 aromatic rings. The number of nitrogens with one attached hydrogen (secondary N) is 1. The number of nitrogens with zero attached hydrogens (tertiary/aromatic N) is 3. The number of aromatic nitrogens is 2. The van der Waals surface area contributed by atoms with E-state index in [1.54, 1.807) is 0 Å². The first-order chi connectivity index (χ1) is 11.2. The van der Waals surface area contributed by atoms with Gasteiger partial charge < -0.3 is 14.6 Å². The van der Waals surface area contributed by atoms with Gasteiger partial charge in [0.15, 0.2) is 5.82 Å². The molecule has 3 heterocycles. The largest absolute Gasteiger partial charge is 0.488 e. The molecule has 1 aromatic carbocycles. The topological polar surface area (TPSA) is 63.4 Å². The van der Waals surface area contributed by atoms with Crippen molar-refractivity contribution in [3.05, 3.63) is 40.0 Å². The number of piperazine rings is 1. The Morgan fingerprint density at radius 3 is 3.08 bits per heavy atom. The first kappa shape index (κ1) is 17.4.